The van der Waals surface area contributed by atoms with Gasteiger partial charge in [-0.25, -0.2) is 0 Å². The van der Waals surface area contributed by atoms with E-state index in [1.807, 2.05) is 13.8 Å². The summed E-state index contributed by atoms with van der Waals surface area (Å²) in [6, 6.07) is 0. The van der Waals surface area contributed by atoms with E-state index in [9.17, 15) is 4.79 Å². The van der Waals surface area contributed by atoms with Crippen LogP contribution in [0.5, 0.6) is 0 Å². The van der Waals surface area contributed by atoms with Gasteiger partial charge in [-0.3, -0.25) is 4.79 Å². The second-order valence-corrected chi connectivity index (χ2v) is 1.53. The highest BCUT2D eigenvalue weighted by molar-refractivity contribution is 5.91. The van der Waals surface area contributed by atoms with Crippen molar-refractivity contribution in [1.29, 1.82) is 0 Å². The normalized spacial score (nSPS) is 11.5. The Bertz CT molecular complexity index is 116. The molecule has 0 aliphatic carbocycles. The maximum atomic E-state index is 10.3. The van der Waals surface area contributed by atoms with Crippen LogP contribution in [-0.2, 0) is 4.79 Å². The van der Waals surface area contributed by atoms with Crippen molar-refractivity contribution in [2.75, 3.05) is 0 Å². The van der Waals surface area contributed by atoms with E-state index < -0.39 is 0 Å². The van der Waals surface area contributed by atoms with Gasteiger partial charge in [0.25, 0.3) is 0 Å². The number of rotatable bonds is 2. The Labute approximate surface area is 49.4 Å². The van der Waals surface area contributed by atoms with Crippen molar-refractivity contribution in [2.24, 2.45) is 5.73 Å². The lowest BCUT2D eigenvalue weighted by Gasteiger charge is -1.92. The molecule has 0 unspecified atom stereocenters. The molecule has 0 saturated heterocycles. The van der Waals surface area contributed by atoms with E-state index in [4.69, 9.17) is 5.73 Å². The molecule has 1 amide bonds. The van der Waals surface area contributed by atoms with Crippen LogP contribution in [-0.4, -0.2) is 5.91 Å². The van der Waals surface area contributed by atoms with Crippen LogP contribution < -0.4 is 5.73 Å². The monoisotopic (exact) mass is 113 g/mol. The summed E-state index contributed by atoms with van der Waals surface area (Å²) in [4.78, 5) is 10.3. The van der Waals surface area contributed by atoms with Gasteiger partial charge in [0, 0.05) is 5.57 Å². The smallest absolute Gasteiger partial charge is 0.244 e. The number of carbonyl (C=O) groups is 1. The van der Waals surface area contributed by atoms with Crippen LogP contribution in [0, 0.1) is 0 Å². The van der Waals surface area contributed by atoms with Crippen molar-refractivity contribution in [2.45, 2.75) is 20.3 Å². The van der Waals surface area contributed by atoms with E-state index in [1.54, 1.807) is 6.08 Å². The molecule has 0 heterocycles. The highest BCUT2D eigenvalue weighted by Gasteiger charge is 1.96. The molecule has 0 rings (SSSR count). The minimum absolute atomic E-state index is 0.310. The SMILES string of the molecule is CC=C(CC)C(N)=O. The van der Waals surface area contributed by atoms with E-state index in [1.165, 1.54) is 0 Å². The van der Waals surface area contributed by atoms with Gasteiger partial charge >= 0.3 is 0 Å². The fourth-order valence-electron chi connectivity index (χ4n) is 0.521. The lowest BCUT2D eigenvalue weighted by atomic mass is 10.2. The minimum Gasteiger partial charge on any atom is -0.366 e. The van der Waals surface area contributed by atoms with Gasteiger partial charge in [-0.05, 0) is 13.3 Å². The molecule has 0 aromatic carbocycles. The van der Waals surface area contributed by atoms with Crippen LogP contribution in [0.25, 0.3) is 0 Å². The van der Waals surface area contributed by atoms with Gasteiger partial charge in [0.05, 0.1) is 0 Å². The van der Waals surface area contributed by atoms with Gasteiger partial charge in [0.2, 0.25) is 5.91 Å². The topological polar surface area (TPSA) is 43.1 Å². The van der Waals surface area contributed by atoms with Gasteiger partial charge in [-0.15, -0.1) is 0 Å². The first kappa shape index (κ1) is 7.21. The van der Waals surface area contributed by atoms with Crippen molar-refractivity contribution in [3.63, 3.8) is 0 Å². The van der Waals surface area contributed by atoms with E-state index in [0.717, 1.165) is 6.42 Å². The summed E-state index contributed by atoms with van der Waals surface area (Å²) in [5.41, 5.74) is 5.65. The molecule has 46 valence electrons. The quantitative estimate of drug-likeness (QED) is 0.529. The fourth-order valence-corrected chi connectivity index (χ4v) is 0.521. The first-order chi connectivity index (χ1) is 3.72. The molecule has 0 spiro atoms. The summed E-state index contributed by atoms with van der Waals surface area (Å²) < 4.78 is 0. The largest absolute Gasteiger partial charge is 0.366 e. The zero-order chi connectivity index (χ0) is 6.57. The third-order valence-electron chi connectivity index (χ3n) is 1.05. The molecule has 0 aromatic rings. The van der Waals surface area contributed by atoms with Gasteiger partial charge in [0.15, 0.2) is 0 Å². The van der Waals surface area contributed by atoms with Crippen LogP contribution >= 0.6 is 0 Å². The van der Waals surface area contributed by atoms with Gasteiger partial charge in [0.1, 0.15) is 0 Å². The number of hydrogen-bond acceptors (Lipinski definition) is 1. The summed E-state index contributed by atoms with van der Waals surface area (Å²) in [6.45, 7) is 3.71. The molecular formula is C6H11NO. The number of allylic oxidation sites excluding steroid dienone is 1. The number of primary amides is 1. The summed E-state index contributed by atoms with van der Waals surface area (Å²) in [6.07, 6.45) is 2.47. The molecule has 0 saturated carbocycles. The second-order valence-electron chi connectivity index (χ2n) is 1.53. The van der Waals surface area contributed by atoms with E-state index >= 15 is 0 Å². The highest BCUT2D eigenvalue weighted by atomic mass is 16.1. The van der Waals surface area contributed by atoms with Gasteiger partial charge in [-0.1, -0.05) is 13.0 Å². The maximum absolute atomic E-state index is 10.3. The Morgan fingerprint density at radius 2 is 2.25 bits per heavy atom. The zero-order valence-electron chi connectivity index (χ0n) is 5.27. The molecule has 0 aliphatic heterocycles. The Morgan fingerprint density at radius 1 is 1.75 bits per heavy atom. The Hall–Kier alpha value is -0.790. The lowest BCUT2D eigenvalue weighted by Crippen LogP contribution is -2.12. The van der Waals surface area contributed by atoms with Gasteiger partial charge in [-0.2, -0.15) is 0 Å². The average molecular weight is 113 g/mol. The fraction of sp³-hybridized carbons (Fsp3) is 0.500. The first-order valence-corrected chi connectivity index (χ1v) is 2.67. The van der Waals surface area contributed by atoms with E-state index in [0.29, 0.717) is 5.57 Å². The Kier molecular flexibility index (Phi) is 2.92. The first-order valence-electron chi connectivity index (χ1n) is 2.67. The molecule has 0 aromatic heterocycles. The van der Waals surface area contributed by atoms with Crippen molar-refractivity contribution in [3.8, 4) is 0 Å². The molecule has 2 N–H and O–H groups in total. The molecule has 8 heavy (non-hydrogen) atoms. The zero-order valence-corrected chi connectivity index (χ0v) is 5.27. The predicted octanol–water partition coefficient (Wildman–Crippen LogP) is 0.828. The second kappa shape index (κ2) is 3.24. The third kappa shape index (κ3) is 1.78. The Morgan fingerprint density at radius 3 is 2.25 bits per heavy atom. The van der Waals surface area contributed by atoms with Crippen molar-refractivity contribution >= 4 is 5.91 Å². The number of carbonyl (C=O) groups excluding carboxylic acids is 1. The summed E-state index contributed by atoms with van der Waals surface area (Å²) >= 11 is 0. The molecule has 2 heteroatoms. The molecule has 0 atom stereocenters. The lowest BCUT2D eigenvalue weighted by molar-refractivity contribution is -0.114. The van der Waals surface area contributed by atoms with Crippen LogP contribution in [0.2, 0.25) is 0 Å². The minimum atomic E-state index is -0.310. The van der Waals surface area contributed by atoms with Crippen molar-refractivity contribution < 1.29 is 4.79 Å². The van der Waals surface area contributed by atoms with Crippen molar-refractivity contribution in [3.05, 3.63) is 11.6 Å². The highest BCUT2D eigenvalue weighted by Crippen LogP contribution is 1.96. The standard InChI is InChI=1S/C6H11NO/c1-3-5(4-2)6(7)8/h3H,4H2,1-2H3,(H2,7,8). The number of hydrogen-bond donors (Lipinski definition) is 1. The molecule has 0 radical (unpaired) electrons. The number of amides is 1. The van der Waals surface area contributed by atoms with Crippen LogP contribution in [0.3, 0.4) is 0 Å². The van der Waals surface area contributed by atoms with E-state index in [2.05, 4.69) is 0 Å². The van der Waals surface area contributed by atoms with Crippen molar-refractivity contribution in [1.82, 2.24) is 0 Å². The van der Waals surface area contributed by atoms with Gasteiger partial charge < -0.3 is 5.73 Å². The molecule has 0 fully saturated rings. The molecule has 2 nitrogen and oxygen atoms in total. The van der Waals surface area contributed by atoms with Crippen LogP contribution in [0.1, 0.15) is 20.3 Å². The third-order valence-corrected chi connectivity index (χ3v) is 1.05. The summed E-state index contributed by atoms with van der Waals surface area (Å²) in [5.74, 6) is -0.310. The molecular weight excluding hydrogens is 102 g/mol. The van der Waals surface area contributed by atoms with E-state index in [-0.39, 0.29) is 5.91 Å². The number of nitrogens with two attached hydrogens (primary N) is 1. The summed E-state index contributed by atoms with van der Waals surface area (Å²) in [7, 11) is 0. The van der Waals surface area contributed by atoms with Crippen LogP contribution in [0.4, 0.5) is 0 Å². The van der Waals surface area contributed by atoms with Crippen LogP contribution in [0.15, 0.2) is 11.6 Å². The molecule has 0 bridgehead atoms. The predicted molar refractivity (Wildman–Crippen MR) is 33.2 cm³/mol. The summed E-state index contributed by atoms with van der Waals surface area (Å²) in [5, 5.41) is 0. The molecule has 0 aliphatic rings. The maximum Gasteiger partial charge on any atom is 0.244 e. The Balaban J connectivity index is 3.92. The average Bonchev–Trinajstić information content (AvgIpc) is 1.69.